The molecule has 0 fully saturated rings. The second kappa shape index (κ2) is 7.31. The van der Waals surface area contributed by atoms with Gasteiger partial charge in [0, 0.05) is 36.5 Å². The first kappa shape index (κ1) is 17.4. The molecule has 2 aromatic heterocycles. The molecule has 1 aliphatic rings. The van der Waals surface area contributed by atoms with Crippen LogP contribution in [0.4, 0.5) is 4.39 Å². The van der Waals surface area contributed by atoms with Gasteiger partial charge in [0.25, 0.3) is 0 Å². The van der Waals surface area contributed by atoms with Gasteiger partial charge in [0.15, 0.2) is 0 Å². The number of nitrogens with zero attached hydrogens (tertiary/aromatic N) is 3. The number of aromatic nitrogens is 3. The molecule has 3 aromatic rings. The van der Waals surface area contributed by atoms with Crippen molar-refractivity contribution in [2.24, 2.45) is 7.05 Å². The lowest BCUT2D eigenvalue weighted by Gasteiger charge is -2.18. The Hall–Kier alpha value is -3.01. The number of hydrogen-bond donors (Lipinski definition) is 0. The van der Waals surface area contributed by atoms with Crippen LogP contribution < -0.4 is 0 Å². The van der Waals surface area contributed by atoms with Crippen LogP contribution in [0, 0.1) is 5.82 Å². The van der Waals surface area contributed by atoms with Crippen molar-refractivity contribution >= 4 is 0 Å². The highest BCUT2D eigenvalue weighted by atomic mass is 19.1. The lowest BCUT2D eigenvalue weighted by Crippen LogP contribution is -2.06. The van der Waals surface area contributed by atoms with Crippen molar-refractivity contribution in [3.8, 4) is 22.4 Å². The Kier molecular flexibility index (Phi) is 4.71. The van der Waals surface area contributed by atoms with E-state index < -0.39 is 0 Å². The van der Waals surface area contributed by atoms with Gasteiger partial charge < -0.3 is 0 Å². The topological polar surface area (TPSA) is 30.7 Å². The van der Waals surface area contributed by atoms with Crippen molar-refractivity contribution in [3.63, 3.8) is 0 Å². The summed E-state index contributed by atoms with van der Waals surface area (Å²) in [6, 6.07) is 10.6. The molecule has 0 bridgehead atoms. The third-order valence-corrected chi connectivity index (χ3v) is 5.11. The average Bonchev–Trinajstić information content (AvgIpc) is 3.06. The third kappa shape index (κ3) is 3.35. The summed E-state index contributed by atoms with van der Waals surface area (Å²) in [5.74, 6) is -0.0392. The molecule has 0 spiro atoms. The first-order chi connectivity index (χ1) is 13.1. The predicted octanol–water partition coefficient (Wildman–Crippen LogP) is 5.67. The highest BCUT2D eigenvalue weighted by Gasteiger charge is 2.24. The van der Waals surface area contributed by atoms with E-state index in [2.05, 4.69) is 30.1 Å². The van der Waals surface area contributed by atoms with Gasteiger partial charge in [0.05, 0.1) is 5.69 Å². The van der Waals surface area contributed by atoms with Gasteiger partial charge >= 0.3 is 0 Å². The van der Waals surface area contributed by atoms with Crippen LogP contribution in [0.1, 0.15) is 31.4 Å². The summed E-state index contributed by atoms with van der Waals surface area (Å²) in [4.78, 5) is 4.16. The monoisotopic (exact) mass is 359 g/mol. The quantitative estimate of drug-likeness (QED) is 0.601. The van der Waals surface area contributed by atoms with E-state index in [1.54, 1.807) is 24.5 Å². The number of halogens is 1. The van der Waals surface area contributed by atoms with Crippen LogP contribution in [0.2, 0.25) is 0 Å². The molecule has 0 saturated heterocycles. The number of benzene rings is 1. The summed E-state index contributed by atoms with van der Waals surface area (Å²) >= 11 is 0. The summed E-state index contributed by atoms with van der Waals surface area (Å²) in [6.45, 7) is 2.22. The molecule has 136 valence electrons. The van der Waals surface area contributed by atoms with Gasteiger partial charge in [-0.2, -0.15) is 5.10 Å². The maximum Gasteiger partial charge on any atom is 0.123 e. The molecule has 0 radical (unpaired) electrons. The summed E-state index contributed by atoms with van der Waals surface area (Å²) in [5, 5.41) is 4.83. The van der Waals surface area contributed by atoms with Crippen molar-refractivity contribution in [1.82, 2.24) is 14.8 Å². The first-order valence-electron chi connectivity index (χ1n) is 9.25. The van der Waals surface area contributed by atoms with E-state index in [1.807, 2.05) is 23.9 Å². The van der Waals surface area contributed by atoms with E-state index >= 15 is 0 Å². The predicted molar refractivity (Wildman–Crippen MR) is 107 cm³/mol. The minimum Gasteiger partial charge on any atom is -0.271 e. The van der Waals surface area contributed by atoms with Crippen molar-refractivity contribution in [1.29, 1.82) is 0 Å². The van der Waals surface area contributed by atoms with Crippen molar-refractivity contribution in [2.75, 3.05) is 0 Å². The van der Waals surface area contributed by atoms with Gasteiger partial charge in [0.2, 0.25) is 0 Å². The Balaban J connectivity index is 1.92. The fourth-order valence-electron chi connectivity index (χ4n) is 3.76. The van der Waals surface area contributed by atoms with E-state index in [4.69, 9.17) is 5.10 Å². The lowest BCUT2D eigenvalue weighted by atomic mass is 9.88. The SMILES string of the molecule is CC(C1=CCCC=C1)c1c(-c2ccncc2)c(-c2ccc(F)cc2)nn1C. The van der Waals surface area contributed by atoms with E-state index in [9.17, 15) is 4.39 Å². The molecule has 4 heteroatoms. The van der Waals surface area contributed by atoms with Gasteiger partial charge in [-0.3, -0.25) is 9.67 Å². The molecule has 2 heterocycles. The molecule has 27 heavy (non-hydrogen) atoms. The summed E-state index contributed by atoms with van der Waals surface area (Å²) in [7, 11) is 1.98. The van der Waals surface area contributed by atoms with Gasteiger partial charge in [-0.1, -0.05) is 25.2 Å². The molecule has 0 saturated carbocycles. The third-order valence-electron chi connectivity index (χ3n) is 5.11. The highest BCUT2D eigenvalue weighted by molar-refractivity contribution is 5.83. The van der Waals surface area contributed by atoms with E-state index in [1.165, 1.54) is 17.7 Å². The Labute approximate surface area is 158 Å². The fourth-order valence-corrected chi connectivity index (χ4v) is 3.76. The maximum atomic E-state index is 13.4. The largest absolute Gasteiger partial charge is 0.271 e. The second-order valence-electron chi connectivity index (χ2n) is 6.88. The molecule has 3 nitrogen and oxygen atoms in total. The molecule has 0 amide bonds. The molecule has 0 aliphatic heterocycles. The van der Waals surface area contributed by atoms with Crippen LogP contribution in [-0.2, 0) is 7.05 Å². The number of allylic oxidation sites excluding steroid dienone is 4. The molecule has 1 unspecified atom stereocenters. The van der Waals surface area contributed by atoms with Gasteiger partial charge in [0.1, 0.15) is 11.5 Å². The van der Waals surface area contributed by atoms with Gasteiger partial charge in [-0.15, -0.1) is 0 Å². The molecular formula is C23H22FN3. The second-order valence-corrected chi connectivity index (χ2v) is 6.88. The average molecular weight is 359 g/mol. The molecular weight excluding hydrogens is 337 g/mol. The van der Waals surface area contributed by atoms with E-state index in [-0.39, 0.29) is 11.7 Å². The van der Waals surface area contributed by atoms with Crippen molar-refractivity contribution in [3.05, 3.63) is 84.1 Å². The zero-order chi connectivity index (χ0) is 18.8. The van der Waals surface area contributed by atoms with Crippen molar-refractivity contribution in [2.45, 2.75) is 25.7 Å². The summed E-state index contributed by atoms with van der Waals surface area (Å²) in [6.07, 6.45) is 12.5. The summed E-state index contributed by atoms with van der Waals surface area (Å²) < 4.78 is 15.4. The number of pyridine rings is 1. The maximum absolute atomic E-state index is 13.4. The number of aryl methyl sites for hydroxylation is 1. The smallest absolute Gasteiger partial charge is 0.123 e. The van der Waals surface area contributed by atoms with Crippen LogP contribution in [-0.4, -0.2) is 14.8 Å². The molecule has 1 atom stereocenters. The van der Waals surface area contributed by atoms with Crippen LogP contribution >= 0.6 is 0 Å². The fraction of sp³-hybridized carbons (Fsp3) is 0.217. The van der Waals surface area contributed by atoms with Crippen molar-refractivity contribution < 1.29 is 4.39 Å². The zero-order valence-corrected chi connectivity index (χ0v) is 15.6. The Bertz CT molecular complexity index is 998. The molecule has 4 rings (SSSR count). The Morgan fingerprint density at radius 1 is 1.00 bits per heavy atom. The van der Waals surface area contributed by atoms with E-state index in [0.717, 1.165) is 40.9 Å². The normalized spacial score (nSPS) is 14.9. The Morgan fingerprint density at radius 2 is 1.74 bits per heavy atom. The molecule has 1 aromatic carbocycles. The van der Waals surface area contributed by atoms with Crippen LogP contribution in [0.15, 0.2) is 72.6 Å². The van der Waals surface area contributed by atoms with Gasteiger partial charge in [-0.25, -0.2) is 4.39 Å². The highest BCUT2D eigenvalue weighted by Crippen LogP contribution is 2.40. The number of hydrogen-bond acceptors (Lipinski definition) is 2. The lowest BCUT2D eigenvalue weighted by molar-refractivity contribution is 0.628. The zero-order valence-electron chi connectivity index (χ0n) is 15.6. The molecule has 1 aliphatic carbocycles. The van der Waals surface area contributed by atoms with E-state index in [0.29, 0.717) is 0 Å². The minimum absolute atomic E-state index is 0.205. The van der Waals surface area contributed by atoms with Crippen LogP contribution in [0.3, 0.4) is 0 Å². The Morgan fingerprint density at radius 3 is 2.41 bits per heavy atom. The van der Waals surface area contributed by atoms with Gasteiger partial charge in [-0.05, 0) is 60.4 Å². The summed E-state index contributed by atoms with van der Waals surface area (Å²) in [5.41, 5.74) is 6.39. The standard InChI is InChI=1S/C23H22FN3/c1-16(17-6-4-3-5-7-17)23-21(18-12-14-25-15-13-18)22(26-27(23)2)19-8-10-20(24)11-9-19/h4,6-16H,3,5H2,1-2H3. The minimum atomic E-state index is -0.244. The number of rotatable bonds is 4. The first-order valence-corrected chi connectivity index (χ1v) is 9.25. The molecule has 0 N–H and O–H groups in total. The van der Waals surface area contributed by atoms with Crippen LogP contribution in [0.5, 0.6) is 0 Å². The van der Waals surface area contributed by atoms with Crippen LogP contribution in [0.25, 0.3) is 22.4 Å².